The molecular weight excluding hydrogens is 238 g/mol. The lowest BCUT2D eigenvalue weighted by Gasteiger charge is -2.15. The molecule has 5 heteroatoms. The summed E-state index contributed by atoms with van der Waals surface area (Å²) in [6.45, 7) is 1.92. The van der Waals surface area contributed by atoms with Crippen molar-refractivity contribution in [2.24, 2.45) is 0 Å². The zero-order valence-corrected chi connectivity index (χ0v) is 10.00. The van der Waals surface area contributed by atoms with Gasteiger partial charge in [0, 0.05) is 18.1 Å². The number of fused-ring (bicyclic) bond motifs is 1. The fourth-order valence-electron chi connectivity index (χ4n) is 2.18. The number of nitrogens with one attached hydrogen (secondary N) is 1. The Hall–Kier alpha value is -1.55. The molecule has 1 fully saturated rings. The number of rotatable bonds is 1. The predicted octanol–water partition coefficient (Wildman–Crippen LogP) is 2.18. The minimum atomic E-state index is -0.126. The highest BCUT2D eigenvalue weighted by Gasteiger charge is 2.15. The smallest absolute Gasteiger partial charge is 0.260 e. The highest BCUT2D eigenvalue weighted by molar-refractivity contribution is 6.31. The van der Waals surface area contributed by atoms with Crippen molar-refractivity contribution in [3.05, 3.63) is 33.6 Å². The van der Waals surface area contributed by atoms with E-state index in [9.17, 15) is 4.79 Å². The van der Waals surface area contributed by atoms with Gasteiger partial charge in [0.2, 0.25) is 5.95 Å². The molecule has 0 atom stereocenters. The lowest BCUT2D eigenvalue weighted by atomic mass is 10.2. The molecule has 4 nitrogen and oxygen atoms in total. The lowest BCUT2D eigenvalue weighted by Crippen LogP contribution is -2.23. The van der Waals surface area contributed by atoms with E-state index in [4.69, 9.17) is 11.6 Å². The van der Waals surface area contributed by atoms with Gasteiger partial charge in [0.25, 0.3) is 5.56 Å². The van der Waals surface area contributed by atoms with Gasteiger partial charge < -0.3 is 4.90 Å². The number of hydrogen-bond acceptors (Lipinski definition) is 3. The van der Waals surface area contributed by atoms with Crippen LogP contribution in [0.5, 0.6) is 0 Å². The second-order valence-electron chi connectivity index (χ2n) is 4.25. The summed E-state index contributed by atoms with van der Waals surface area (Å²) >= 11 is 5.87. The van der Waals surface area contributed by atoms with E-state index in [1.807, 2.05) is 0 Å². The Balaban J connectivity index is 2.17. The Morgan fingerprint density at radius 1 is 1.29 bits per heavy atom. The summed E-state index contributed by atoms with van der Waals surface area (Å²) in [6, 6.07) is 5.19. The van der Waals surface area contributed by atoms with Crippen LogP contribution in [0.25, 0.3) is 10.9 Å². The topological polar surface area (TPSA) is 49.0 Å². The molecule has 0 amide bonds. The van der Waals surface area contributed by atoms with Gasteiger partial charge in [0.05, 0.1) is 10.9 Å². The van der Waals surface area contributed by atoms with E-state index < -0.39 is 0 Å². The van der Waals surface area contributed by atoms with Gasteiger partial charge >= 0.3 is 0 Å². The largest absolute Gasteiger partial charge is 0.342 e. The second kappa shape index (κ2) is 4.04. The summed E-state index contributed by atoms with van der Waals surface area (Å²) < 4.78 is 0. The van der Waals surface area contributed by atoms with E-state index in [2.05, 4.69) is 14.9 Å². The average molecular weight is 250 g/mol. The van der Waals surface area contributed by atoms with E-state index in [-0.39, 0.29) is 5.56 Å². The van der Waals surface area contributed by atoms with E-state index >= 15 is 0 Å². The van der Waals surface area contributed by atoms with Crippen LogP contribution in [0.3, 0.4) is 0 Å². The molecule has 1 saturated heterocycles. The van der Waals surface area contributed by atoms with Gasteiger partial charge in [-0.2, -0.15) is 0 Å². The molecule has 0 spiro atoms. The second-order valence-corrected chi connectivity index (χ2v) is 4.68. The van der Waals surface area contributed by atoms with Crippen LogP contribution in [0, 0.1) is 0 Å². The normalized spacial score (nSPS) is 15.7. The lowest BCUT2D eigenvalue weighted by molar-refractivity contribution is 0.900. The van der Waals surface area contributed by atoms with E-state index in [1.54, 1.807) is 18.2 Å². The van der Waals surface area contributed by atoms with Crippen molar-refractivity contribution in [2.45, 2.75) is 12.8 Å². The summed E-state index contributed by atoms with van der Waals surface area (Å²) in [5, 5.41) is 1.10. The van der Waals surface area contributed by atoms with Crippen molar-refractivity contribution < 1.29 is 0 Å². The molecule has 88 valence electrons. The molecule has 1 aromatic heterocycles. The van der Waals surface area contributed by atoms with Crippen LogP contribution in [0.4, 0.5) is 5.95 Å². The summed E-state index contributed by atoms with van der Waals surface area (Å²) in [5.74, 6) is 0.669. The maximum absolute atomic E-state index is 11.9. The summed E-state index contributed by atoms with van der Waals surface area (Å²) in [6.07, 6.45) is 2.31. The zero-order chi connectivity index (χ0) is 11.8. The average Bonchev–Trinajstić information content (AvgIpc) is 2.83. The summed E-state index contributed by atoms with van der Waals surface area (Å²) in [4.78, 5) is 21.3. The Kier molecular flexibility index (Phi) is 2.52. The summed E-state index contributed by atoms with van der Waals surface area (Å²) in [5.41, 5.74) is 0.569. The predicted molar refractivity (Wildman–Crippen MR) is 68.8 cm³/mol. The van der Waals surface area contributed by atoms with Gasteiger partial charge in [-0.25, -0.2) is 4.98 Å². The van der Waals surface area contributed by atoms with Crippen molar-refractivity contribution >= 4 is 28.5 Å². The molecule has 1 aliphatic heterocycles. The van der Waals surface area contributed by atoms with Crippen LogP contribution >= 0.6 is 11.6 Å². The molecule has 3 rings (SSSR count). The molecule has 17 heavy (non-hydrogen) atoms. The number of anilines is 1. The van der Waals surface area contributed by atoms with Crippen molar-refractivity contribution in [2.75, 3.05) is 18.0 Å². The van der Waals surface area contributed by atoms with Gasteiger partial charge in [-0.3, -0.25) is 9.78 Å². The molecule has 2 aromatic rings. The third-order valence-corrected chi connectivity index (χ3v) is 3.30. The number of benzene rings is 1. The Labute approximate surface area is 103 Å². The van der Waals surface area contributed by atoms with Gasteiger partial charge in [-0.05, 0) is 31.0 Å². The maximum atomic E-state index is 11.9. The number of aromatic amines is 1. The van der Waals surface area contributed by atoms with Crippen LogP contribution in [-0.2, 0) is 0 Å². The number of halogens is 1. The number of hydrogen-bond donors (Lipinski definition) is 1. The molecular formula is C12H12ClN3O. The Morgan fingerprint density at radius 3 is 2.82 bits per heavy atom. The minimum Gasteiger partial charge on any atom is -0.342 e. The van der Waals surface area contributed by atoms with Crippen molar-refractivity contribution in [3.63, 3.8) is 0 Å². The van der Waals surface area contributed by atoms with Gasteiger partial charge in [-0.15, -0.1) is 0 Å². The number of nitrogens with zero attached hydrogens (tertiary/aromatic N) is 2. The third kappa shape index (κ3) is 1.89. The molecule has 0 radical (unpaired) electrons. The standard InChI is InChI=1S/C12H12ClN3O/c13-8-3-4-10-9(7-8)11(17)15-12(14-10)16-5-1-2-6-16/h3-4,7H,1-2,5-6H2,(H,14,15,17). The third-order valence-electron chi connectivity index (χ3n) is 3.06. The minimum absolute atomic E-state index is 0.126. The van der Waals surface area contributed by atoms with Crippen LogP contribution < -0.4 is 10.5 Å². The molecule has 0 bridgehead atoms. The SMILES string of the molecule is O=c1[nH]c(N2CCCC2)nc2ccc(Cl)cc12. The fourth-order valence-corrected chi connectivity index (χ4v) is 2.35. The highest BCUT2D eigenvalue weighted by Crippen LogP contribution is 2.19. The monoisotopic (exact) mass is 249 g/mol. The van der Waals surface area contributed by atoms with Crippen molar-refractivity contribution in [1.82, 2.24) is 9.97 Å². The van der Waals surface area contributed by atoms with E-state index in [1.165, 1.54) is 0 Å². The number of H-pyrrole nitrogens is 1. The van der Waals surface area contributed by atoms with E-state index in [0.717, 1.165) is 25.9 Å². The first-order valence-corrected chi connectivity index (χ1v) is 6.06. The first-order chi connectivity index (χ1) is 8.24. The van der Waals surface area contributed by atoms with Gasteiger partial charge in [-0.1, -0.05) is 11.6 Å². The highest BCUT2D eigenvalue weighted by atomic mass is 35.5. The quantitative estimate of drug-likeness (QED) is 0.843. The van der Waals surface area contributed by atoms with Crippen molar-refractivity contribution in [3.8, 4) is 0 Å². The van der Waals surface area contributed by atoms with E-state index in [0.29, 0.717) is 21.9 Å². The zero-order valence-electron chi connectivity index (χ0n) is 9.24. The molecule has 0 unspecified atom stereocenters. The Bertz CT molecular complexity index is 617. The fraction of sp³-hybridized carbons (Fsp3) is 0.333. The molecule has 1 N–H and O–H groups in total. The molecule has 1 aromatic carbocycles. The molecule has 0 saturated carbocycles. The molecule has 0 aliphatic carbocycles. The maximum Gasteiger partial charge on any atom is 0.260 e. The van der Waals surface area contributed by atoms with Crippen LogP contribution in [0.2, 0.25) is 5.02 Å². The first kappa shape index (κ1) is 10.6. The molecule has 1 aliphatic rings. The number of aromatic nitrogens is 2. The summed E-state index contributed by atoms with van der Waals surface area (Å²) in [7, 11) is 0. The molecule has 2 heterocycles. The van der Waals surface area contributed by atoms with Crippen LogP contribution in [0.15, 0.2) is 23.0 Å². The van der Waals surface area contributed by atoms with Crippen LogP contribution in [0.1, 0.15) is 12.8 Å². The van der Waals surface area contributed by atoms with Crippen LogP contribution in [-0.4, -0.2) is 23.1 Å². The van der Waals surface area contributed by atoms with Gasteiger partial charge in [0.15, 0.2) is 0 Å². The van der Waals surface area contributed by atoms with Gasteiger partial charge in [0.1, 0.15) is 0 Å². The Morgan fingerprint density at radius 2 is 2.06 bits per heavy atom. The van der Waals surface area contributed by atoms with Crippen molar-refractivity contribution in [1.29, 1.82) is 0 Å². The first-order valence-electron chi connectivity index (χ1n) is 5.68.